The van der Waals surface area contributed by atoms with Crippen LogP contribution in [0.4, 0.5) is 0 Å². The van der Waals surface area contributed by atoms with Gasteiger partial charge in [0.05, 0.1) is 17.4 Å². The maximum Gasteiger partial charge on any atom is 0.309 e. The molecule has 0 amide bonds. The van der Waals surface area contributed by atoms with E-state index in [0.717, 1.165) is 17.6 Å². The largest absolute Gasteiger partial charge is 0.457 e. The molecule has 5 atom stereocenters. The van der Waals surface area contributed by atoms with Crippen LogP contribution in [0.15, 0.2) is 11.1 Å². The van der Waals surface area contributed by atoms with E-state index in [1.54, 1.807) is 6.92 Å². The van der Waals surface area contributed by atoms with Gasteiger partial charge in [0.25, 0.3) is 0 Å². The number of aliphatic hydroxyl groups excluding tert-OH is 1. The molecule has 104 valence electrons. The van der Waals surface area contributed by atoms with Crippen molar-refractivity contribution in [2.24, 2.45) is 17.3 Å². The summed E-state index contributed by atoms with van der Waals surface area (Å²) in [6, 6.07) is 0. The van der Waals surface area contributed by atoms with Crippen molar-refractivity contribution in [3.8, 4) is 0 Å². The number of ether oxygens (including phenoxy) is 1. The Morgan fingerprint density at radius 3 is 2.68 bits per heavy atom. The Morgan fingerprint density at radius 2 is 2.00 bits per heavy atom. The van der Waals surface area contributed by atoms with Crippen molar-refractivity contribution in [2.75, 3.05) is 0 Å². The van der Waals surface area contributed by atoms with Gasteiger partial charge in [-0.1, -0.05) is 12.5 Å². The smallest absolute Gasteiger partial charge is 0.309 e. The van der Waals surface area contributed by atoms with Crippen molar-refractivity contribution in [1.82, 2.24) is 0 Å². The van der Waals surface area contributed by atoms with Gasteiger partial charge in [0, 0.05) is 12.3 Å². The standard InChI is InChI=1S/C15H20O4/c1-7-4-5-10(17)15(3)6-9(16)11-8(2)14(18)19-13(11)12(7)15/h8-9,11,13,16H,4-6H2,1-3H3/t8-,9-,11+,13-,15-/m0/s1. The number of aliphatic hydroxyl groups is 1. The van der Waals surface area contributed by atoms with E-state index < -0.39 is 17.6 Å². The molecule has 1 saturated heterocycles. The highest BCUT2D eigenvalue weighted by molar-refractivity contribution is 5.90. The molecular weight excluding hydrogens is 244 g/mol. The molecular formula is C15H20O4. The Hall–Kier alpha value is -1.16. The fourth-order valence-corrected chi connectivity index (χ4v) is 4.18. The highest BCUT2D eigenvalue weighted by Gasteiger charge is 2.59. The van der Waals surface area contributed by atoms with Crippen LogP contribution < -0.4 is 0 Å². The van der Waals surface area contributed by atoms with Gasteiger partial charge in [0.15, 0.2) is 0 Å². The highest BCUT2D eigenvalue weighted by atomic mass is 16.6. The fraction of sp³-hybridized carbons (Fsp3) is 0.733. The summed E-state index contributed by atoms with van der Waals surface area (Å²) in [5.41, 5.74) is 1.48. The molecule has 1 aliphatic heterocycles. The SMILES string of the molecule is CC1=C2[C@H]3OC(=O)[C@@H](C)[C@@H]3[C@@H](O)C[C@@]2(C)C(=O)CC1. The zero-order valence-corrected chi connectivity index (χ0v) is 11.6. The van der Waals surface area contributed by atoms with Gasteiger partial charge in [-0.15, -0.1) is 0 Å². The first-order valence-corrected chi connectivity index (χ1v) is 6.98. The average molecular weight is 264 g/mol. The van der Waals surface area contributed by atoms with Crippen LogP contribution in [0.25, 0.3) is 0 Å². The summed E-state index contributed by atoms with van der Waals surface area (Å²) in [6.45, 7) is 5.72. The zero-order valence-electron chi connectivity index (χ0n) is 11.6. The topological polar surface area (TPSA) is 63.6 Å². The van der Waals surface area contributed by atoms with Crippen molar-refractivity contribution in [3.05, 3.63) is 11.1 Å². The Kier molecular flexibility index (Phi) is 2.65. The third kappa shape index (κ3) is 1.55. The third-order valence-electron chi connectivity index (χ3n) is 5.28. The first kappa shape index (κ1) is 12.9. The lowest BCUT2D eigenvalue weighted by Crippen LogP contribution is -2.51. The van der Waals surface area contributed by atoms with E-state index in [4.69, 9.17) is 4.74 Å². The molecule has 3 aliphatic rings. The first-order chi connectivity index (χ1) is 8.86. The molecule has 1 N–H and O–H groups in total. The first-order valence-electron chi connectivity index (χ1n) is 6.98. The molecule has 1 heterocycles. The lowest BCUT2D eigenvalue weighted by molar-refractivity contribution is -0.145. The van der Waals surface area contributed by atoms with Gasteiger partial charge in [-0.3, -0.25) is 9.59 Å². The molecule has 3 rings (SSSR count). The molecule has 1 saturated carbocycles. The minimum absolute atomic E-state index is 0.168. The van der Waals surface area contributed by atoms with Crippen LogP contribution in [0.5, 0.6) is 0 Å². The van der Waals surface area contributed by atoms with Crippen LogP contribution in [-0.2, 0) is 14.3 Å². The van der Waals surface area contributed by atoms with Crippen LogP contribution in [0.2, 0.25) is 0 Å². The number of carbonyl (C=O) groups excluding carboxylic acids is 2. The lowest BCUT2D eigenvalue weighted by Gasteiger charge is -2.46. The Morgan fingerprint density at radius 1 is 1.32 bits per heavy atom. The number of allylic oxidation sites excluding steroid dienone is 1. The van der Waals surface area contributed by atoms with Gasteiger partial charge in [0.1, 0.15) is 11.9 Å². The number of hydrogen-bond donors (Lipinski definition) is 1. The van der Waals surface area contributed by atoms with Gasteiger partial charge in [-0.25, -0.2) is 0 Å². The van der Waals surface area contributed by atoms with Crippen molar-refractivity contribution in [3.63, 3.8) is 0 Å². The molecule has 2 aliphatic carbocycles. The minimum atomic E-state index is -0.646. The van der Waals surface area contributed by atoms with Crippen LogP contribution in [0.3, 0.4) is 0 Å². The van der Waals surface area contributed by atoms with Crippen molar-refractivity contribution < 1.29 is 19.4 Å². The molecule has 19 heavy (non-hydrogen) atoms. The number of carbonyl (C=O) groups is 2. The highest BCUT2D eigenvalue weighted by Crippen LogP contribution is 2.54. The van der Waals surface area contributed by atoms with E-state index in [9.17, 15) is 14.7 Å². The minimum Gasteiger partial charge on any atom is -0.457 e. The normalized spacial score (nSPS) is 45.9. The molecule has 2 fully saturated rings. The van der Waals surface area contributed by atoms with Crippen molar-refractivity contribution in [1.29, 1.82) is 0 Å². The lowest BCUT2D eigenvalue weighted by atomic mass is 9.58. The van der Waals surface area contributed by atoms with Crippen LogP contribution in [0.1, 0.15) is 40.0 Å². The molecule has 0 aromatic carbocycles. The van der Waals surface area contributed by atoms with E-state index in [-0.39, 0.29) is 23.6 Å². The fourth-order valence-electron chi connectivity index (χ4n) is 4.18. The molecule has 0 aromatic heterocycles. The molecule has 0 aromatic rings. The predicted octanol–water partition coefficient (Wildman–Crippen LogP) is 1.61. The Labute approximate surface area is 112 Å². The van der Waals surface area contributed by atoms with Gasteiger partial charge < -0.3 is 9.84 Å². The maximum atomic E-state index is 12.3. The molecule has 0 bridgehead atoms. The predicted molar refractivity (Wildman–Crippen MR) is 68.2 cm³/mol. The van der Waals surface area contributed by atoms with E-state index in [0.29, 0.717) is 12.8 Å². The van der Waals surface area contributed by atoms with Crippen LogP contribution >= 0.6 is 0 Å². The summed E-state index contributed by atoms with van der Waals surface area (Å²) in [6.07, 6.45) is 0.644. The summed E-state index contributed by atoms with van der Waals surface area (Å²) in [5, 5.41) is 10.4. The summed E-state index contributed by atoms with van der Waals surface area (Å²) in [4.78, 5) is 24.1. The van der Waals surface area contributed by atoms with Crippen LogP contribution in [-0.4, -0.2) is 29.1 Å². The Balaban J connectivity index is 2.12. The quantitative estimate of drug-likeness (QED) is 0.533. The van der Waals surface area contributed by atoms with Gasteiger partial charge in [-0.05, 0) is 32.3 Å². The monoisotopic (exact) mass is 264 g/mol. The third-order valence-corrected chi connectivity index (χ3v) is 5.28. The maximum absolute atomic E-state index is 12.3. The summed E-state index contributed by atoms with van der Waals surface area (Å²) >= 11 is 0. The van der Waals surface area contributed by atoms with Crippen molar-refractivity contribution in [2.45, 2.75) is 52.2 Å². The second-order valence-corrected chi connectivity index (χ2v) is 6.44. The van der Waals surface area contributed by atoms with Gasteiger partial charge >= 0.3 is 5.97 Å². The molecule has 4 heteroatoms. The van der Waals surface area contributed by atoms with E-state index in [1.807, 2.05) is 13.8 Å². The summed E-state index contributed by atoms with van der Waals surface area (Å²) in [5.74, 6) is -0.573. The van der Waals surface area contributed by atoms with E-state index >= 15 is 0 Å². The second kappa shape index (κ2) is 3.92. The van der Waals surface area contributed by atoms with Gasteiger partial charge in [0.2, 0.25) is 0 Å². The van der Waals surface area contributed by atoms with E-state index in [1.165, 1.54) is 0 Å². The van der Waals surface area contributed by atoms with Crippen LogP contribution in [0, 0.1) is 17.3 Å². The summed E-state index contributed by atoms with van der Waals surface area (Å²) < 4.78 is 5.49. The molecule has 0 radical (unpaired) electrons. The molecule has 4 nitrogen and oxygen atoms in total. The average Bonchev–Trinajstić information content (AvgIpc) is 2.61. The number of rotatable bonds is 0. The number of esters is 1. The number of hydrogen-bond acceptors (Lipinski definition) is 4. The number of fused-ring (bicyclic) bond motifs is 3. The molecule has 0 unspecified atom stereocenters. The Bertz CT molecular complexity index is 492. The number of ketones is 1. The van der Waals surface area contributed by atoms with Gasteiger partial charge in [-0.2, -0.15) is 0 Å². The summed E-state index contributed by atoms with van der Waals surface area (Å²) in [7, 11) is 0. The van der Waals surface area contributed by atoms with E-state index in [2.05, 4.69) is 0 Å². The molecule has 0 spiro atoms. The number of Topliss-reactive ketones (excluding diaryl/α,β-unsaturated/α-hetero) is 1. The second-order valence-electron chi connectivity index (χ2n) is 6.44. The van der Waals surface area contributed by atoms with Crippen molar-refractivity contribution >= 4 is 11.8 Å². The zero-order chi connectivity index (χ0) is 13.9.